The molecule has 0 spiro atoms. The van der Waals surface area contributed by atoms with E-state index >= 15 is 0 Å². The molecule has 1 aromatic carbocycles. The molecule has 0 saturated carbocycles. The Morgan fingerprint density at radius 1 is 1.29 bits per heavy atom. The van der Waals surface area contributed by atoms with Gasteiger partial charge in [0.2, 0.25) is 0 Å². The molecule has 0 amide bonds. The highest BCUT2D eigenvalue weighted by Gasteiger charge is 2.12. The summed E-state index contributed by atoms with van der Waals surface area (Å²) < 4.78 is 0. The Hall–Kier alpha value is -0.730. The summed E-state index contributed by atoms with van der Waals surface area (Å²) in [5.41, 5.74) is 2.56. The van der Waals surface area contributed by atoms with Gasteiger partial charge in [-0.15, -0.1) is 0 Å². The minimum absolute atomic E-state index is 0.501. The molecule has 0 aliphatic heterocycles. The van der Waals surface area contributed by atoms with E-state index < -0.39 is 0 Å². The Kier molecular flexibility index (Phi) is 5.79. The van der Waals surface area contributed by atoms with Gasteiger partial charge in [-0.1, -0.05) is 18.5 Å². The molecule has 3 heteroatoms. The molecule has 0 fully saturated rings. The van der Waals surface area contributed by atoms with E-state index in [1.165, 1.54) is 11.3 Å². The van der Waals surface area contributed by atoms with Crippen molar-refractivity contribution in [2.75, 3.05) is 18.0 Å². The Morgan fingerprint density at radius 3 is 2.53 bits per heavy atom. The molecular weight excluding hydrogens is 232 g/mol. The number of benzene rings is 1. The minimum Gasteiger partial charge on any atom is -0.369 e. The van der Waals surface area contributed by atoms with Gasteiger partial charge in [0.15, 0.2) is 0 Å². The third kappa shape index (κ3) is 3.90. The number of nitrogens with one attached hydrogen (secondary N) is 1. The quantitative estimate of drug-likeness (QED) is 0.833. The Balaban J connectivity index is 3.03. The smallest absolute Gasteiger partial charge is 0.0415 e. The van der Waals surface area contributed by atoms with Crippen molar-refractivity contribution in [3.05, 3.63) is 28.8 Å². The Morgan fingerprint density at radius 2 is 2.00 bits per heavy atom. The summed E-state index contributed by atoms with van der Waals surface area (Å²) in [4.78, 5) is 2.39. The number of hydrogen-bond acceptors (Lipinski definition) is 2. The van der Waals surface area contributed by atoms with Gasteiger partial charge in [-0.05, 0) is 51.1 Å². The van der Waals surface area contributed by atoms with Crippen molar-refractivity contribution < 1.29 is 0 Å². The van der Waals surface area contributed by atoms with E-state index in [4.69, 9.17) is 11.6 Å². The van der Waals surface area contributed by atoms with Crippen LogP contribution in [-0.2, 0) is 6.54 Å². The molecule has 1 rings (SSSR count). The molecule has 1 N–H and O–H groups in total. The van der Waals surface area contributed by atoms with Crippen LogP contribution in [0.3, 0.4) is 0 Å². The van der Waals surface area contributed by atoms with Crippen molar-refractivity contribution in [2.45, 2.75) is 40.3 Å². The van der Waals surface area contributed by atoms with E-state index in [1.807, 2.05) is 6.07 Å². The number of nitrogens with zero attached hydrogens (tertiary/aromatic N) is 1. The molecule has 0 atom stereocenters. The largest absolute Gasteiger partial charge is 0.369 e. The van der Waals surface area contributed by atoms with Crippen LogP contribution >= 0.6 is 11.6 Å². The lowest BCUT2D eigenvalue weighted by Gasteiger charge is -2.30. The van der Waals surface area contributed by atoms with Crippen LogP contribution in [0.1, 0.15) is 33.3 Å². The van der Waals surface area contributed by atoms with Crippen LogP contribution in [0, 0.1) is 0 Å². The first-order valence-corrected chi connectivity index (χ1v) is 6.73. The molecule has 0 radical (unpaired) electrons. The number of hydrogen-bond donors (Lipinski definition) is 1. The summed E-state index contributed by atoms with van der Waals surface area (Å²) >= 11 is 6.08. The van der Waals surface area contributed by atoms with E-state index in [2.05, 4.69) is 50.0 Å². The molecule has 0 aliphatic carbocycles. The third-order valence-corrected chi connectivity index (χ3v) is 3.12. The normalized spacial score (nSPS) is 10.9. The topological polar surface area (TPSA) is 15.3 Å². The first kappa shape index (κ1) is 14.3. The number of halogens is 1. The molecule has 0 aromatic heterocycles. The zero-order valence-corrected chi connectivity index (χ0v) is 12.0. The van der Waals surface area contributed by atoms with E-state index in [9.17, 15) is 0 Å². The van der Waals surface area contributed by atoms with E-state index in [0.29, 0.717) is 6.04 Å². The van der Waals surface area contributed by atoms with Crippen molar-refractivity contribution >= 4 is 17.3 Å². The Labute approximate surface area is 110 Å². The van der Waals surface area contributed by atoms with Crippen LogP contribution < -0.4 is 10.2 Å². The van der Waals surface area contributed by atoms with Crippen LogP contribution in [0.25, 0.3) is 0 Å². The van der Waals surface area contributed by atoms with Crippen LogP contribution in [0.15, 0.2) is 18.2 Å². The van der Waals surface area contributed by atoms with E-state index in [1.54, 1.807) is 0 Å². The lowest BCUT2D eigenvalue weighted by atomic mass is 10.1. The predicted octanol–water partition coefficient (Wildman–Crippen LogP) is 3.68. The average Bonchev–Trinajstić information content (AvgIpc) is 2.29. The molecule has 2 nitrogen and oxygen atoms in total. The van der Waals surface area contributed by atoms with Gasteiger partial charge in [0.05, 0.1) is 0 Å². The Bertz CT molecular complexity index is 350. The maximum atomic E-state index is 6.08. The molecule has 96 valence electrons. The monoisotopic (exact) mass is 254 g/mol. The SMILES string of the molecule is CCNCc1cc(Cl)ccc1N(CC)C(C)C. The minimum atomic E-state index is 0.501. The molecule has 0 aliphatic rings. The van der Waals surface area contributed by atoms with E-state index in [0.717, 1.165) is 24.7 Å². The molecule has 0 saturated heterocycles. The van der Waals surface area contributed by atoms with Crippen molar-refractivity contribution in [2.24, 2.45) is 0 Å². The van der Waals surface area contributed by atoms with Gasteiger partial charge in [-0.2, -0.15) is 0 Å². The molecule has 0 unspecified atom stereocenters. The van der Waals surface area contributed by atoms with Crippen LogP contribution in [-0.4, -0.2) is 19.1 Å². The summed E-state index contributed by atoms with van der Waals surface area (Å²) in [5.74, 6) is 0. The third-order valence-electron chi connectivity index (χ3n) is 2.88. The fraction of sp³-hybridized carbons (Fsp3) is 0.571. The van der Waals surface area contributed by atoms with Gasteiger partial charge < -0.3 is 10.2 Å². The second kappa shape index (κ2) is 6.87. The fourth-order valence-electron chi connectivity index (χ4n) is 2.05. The lowest BCUT2D eigenvalue weighted by molar-refractivity contribution is 0.684. The van der Waals surface area contributed by atoms with Crippen molar-refractivity contribution in [3.8, 4) is 0 Å². The highest BCUT2D eigenvalue weighted by Crippen LogP contribution is 2.25. The molecule has 17 heavy (non-hydrogen) atoms. The van der Waals surface area contributed by atoms with Gasteiger partial charge in [-0.3, -0.25) is 0 Å². The summed E-state index contributed by atoms with van der Waals surface area (Å²) in [7, 11) is 0. The summed E-state index contributed by atoms with van der Waals surface area (Å²) in [6, 6.07) is 6.65. The molecular formula is C14H23ClN2. The summed E-state index contributed by atoms with van der Waals surface area (Å²) in [5, 5.41) is 4.17. The highest BCUT2D eigenvalue weighted by atomic mass is 35.5. The second-order valence-electron chi connectivity index (χ2n) is 4.43. The molecule has 0 heterocycles. The summed E-state index contributed by atoms with van der Waals surface area (Å²) in [6.45, 7) is 11.6. The van der Waals surface area contributed by atoms with Crippen molar-refractivity contribution in [3.63, 3.8) is 0 Å². The first-order chi connectivity index (χ1) is 8.10. The van der Waals surface area contributed by atoms with Crippen LogP contribution in [0.5, 0.6) is 0 Å². The van der Waals surface area contributed by atoms with E-state index in [-0.39, 0.29) is 0 Å². The van der Waals surface area contributed by atoms with Gasteiger partial charge in [0, 0.05) is 29.8 Å². The van der Waals surface area contributed by atoms with Gasteiger partial charge in [-0.25, -0.2) is 0 Å². The fourth-order valence-corrected chi connectivity index (χ4v) is 2.24. The van der Waals surface area contributed by atoms with Gasteiger partial charge >= 0.3 is 0 Å². The van der Waals surface area contributed by atoms with Crippen LogP contribution in [0.4, 0.5) is 5.69 Å². The summed E-state index contributed by atoms with van der Waals surface area (Å²) in [6.07, 6.45) is 0. The maximum absolute atomic E-state index is 6.08. The second-order valence-corrected chi connectivity index (χ2v) is 4.87. The first-order valence-electron chi connectivity index (χ1n) is 6.35. The predicted molar refractivity (Wildman–Crippen MR) is 77.0 cm³/mol. The maximum Gasteiger partial charge on any atom is 0.0415 e. The lowest BCUT2D eigenvalue weighted by Crippen LogP contribution is -2.31. The zero-order chi connectivity index (χ0) is 12.8. The number of rotatable bonds is 6. The van der Waals surface area contributed by atoms with Crippen molar-refractivity contribution in [1.82, 2.24) is 5.32 Å². The highest BCUT2D eigenvalue weighted by molar-refractivity contribution is 6.30. The standard InChI is InChI=1S/C14H23ClN2/c1-5-16-10-12-9-13(15)7-8-14(12)17(6-2)11(3)4/h7-9,11,16H,5-6,10H2,1-4H3. The van der Waals surface area contributed by atoms with Crippen LogP contribution in [0.2, 0.25) is 5.02 Å². The van der Waals surface area contributed by atoms with Gasteiger partial charge in [0.1, 0.15) is 0 Å². The molecule has 1 aromatic rings. The number of anilines is 1. The van der Waals surface area contributed by atoms with Crippen molar-refractivity contribution in [1.29, 1.82) is 0 Å². The zero-order valence-electron chi connectivity index (χ0n) is 11.3. The molecule has 0 bridgehead atoms. The van der Waals surface area contributed by atoms with Gasteiger partial charge in [0.25, 0.3) is 0 Å². The average molecular weight is 255 g/mol.